The van der Waals surface area contributed by atoms with Crippen LogP contribution in [0.15, 0.2) is 0 Å². The van der Waals surface area contributed by atoms with Crippen LogP contribution >= 0.6 is 0 Å². The minimum Gasteiger partial charge on any atom is -0.329 e. The van der Waals surface area contributed by atoms with Crippen molar-refractivity contribution in [1.29, 1.82) is 0 Å². The van der Waals surface area contributed by atoms with E-state index in [9.17, 15) is 0 Å². The Hall–Kier alpha value is -0.0800. The highest BCUT2D eigenvalue weighted by Crippen LogP contribution is 2.36. The third-order valence-corrected chi connectivity index (χ3v) is 4.81. The Labute approximate surface area is 127 Å². The molecule has 1 atom stereocenters. The Morgan fingerprint density at radius 3 is 2.15 bits per heavy atom. The fourth-order valence-electron chi connectivity index (χ4n) is 4.38. The van der Waals surface area contributed by atoms with Crippen LogP contribution in [0.5, 0.6) is 0 Å². The second-order valence-electron chi connectivity index (χ2n) is 7.76. The maximum absolute atomic E-state index is 6.35. The minimum atomic E-state index is 0.239. The predicted molar refractivity (Wildman–Crippen MR) is 89.9 cm³/mol. The lowest BCUT2D eigenvalue weighted by Gasteiger charge is -2.51. The average molecular weight is 283 g/mol. The summed E-state index contributed by atoms with van der Waals surface area (Å²) in [4.78, 5) is 2.83. The molecular formula is C18H38N2. The van der Waals surface area contributed by atoms with E-state index in [2.05, 4.69) is 39.5 Å². The van der Waals surface area contributed by atoms with Gasteiger partial charge in [-0.3, -0.25) is 4.90 Å². The summed E-state index contributed by atoms with van der Waals surface area (Å²) in [5.74, 6) is 1.45. The molecule has 1 heterocycles. The number of piperidine rings is 1. The average Bonchev–Trinajstić information content (AvgIpc) is 2.37. The van der Waals surface area contributed by atoms with Crippen LogP contribution in [0.25, 0.3) is 0 Å². The van der Waals surface area contributed by atoms with Crippen LogP contribution in [0.4, 0.5) is 0 Å². The van der Waals surface area contributed by atoms with Crippen molar-refractivity contribution in [3.05, 3.63) is 0 Å². The molecule has 1 aliphatic rings. The molecule has 0 bridgehead atoms. The van der Waals surface area contributed by atoms with E-state index in [-0.39, 0.29) is 5.54 Å². The van der Waals surface area contributed by atoms with Gasteiger partial charge in [-0.15, -0.1) is 0 Å². The molecule has 0 aromatic carbocycles. The van der Waals surface area contributed by atoms with Gasteiger partial charge in [-0.2, -0.15) is 0 Å². The van der Waals surface area contributed by atoms with Crippen molar-refractivity contribution in [2.24, 2.45) is 17.6 Å². The normalized spacial score (nSPS) is 21.9. The Kier molecular flexibility index (Phi) is 7.53. The Morgan fingerprint density at radius 2 is 1.70 bits per heavy atom. The number of likely N-dealkylation sites (tertiary alicyclic amines) is 1. The molecule has 0 amide bonds. The quantitative estimate of drug-likeness (QED) is 0.713. The molecule has 120 valence electrons. The molecule has 0 aromatic rings. The second-order valence-corrected chi connectivity index (χ2v) is 7.76. The molecule has 0 saturated carbocycles. The Balaban J connectivity index is 2.97. The zero-order valence-electron chi connectivity index (χ0n) is 14.6. The van der Waals surface area contributed by atoms with Gasteiger partial charge in [0.25, 0.3) is 0 Å². The highest BCUT2D eigenvalue weighted by Gasteiger charge is 2.40. The van der Waals surface area contributed by atoms with Crippen LogP contribution in [0.3, 0.4) is 0 Å². The van der Waals surface area contributed by atoms with E-state index in [1.54, 1.807) is 0 Å². The first-order valence-corrected chi connectivity index (χ1v) is 8.92. The molecular weight excluding hydrogens is 244 g/mol. The fourth-order valence-corrected chi connectivity index (χ4v) is 4.38. The molecule has 1 saturated heterocycles. The van der Waals surface area contributed by atoms with Crippen molar-refractivity contribution in [1.82, 2.24) is 4.90 Å². The second kappa shape index (κ2) is 8.38. The lowest BCUT2D eigenvalue weighted by molar-refractivity contribution is -0.00854. The van der Waals surface area contributed by atoms with Gasteiger partial charge in [-0.25, -0.2) is 0 Å². The SMILES string of the molecule is CCCC1CCCCN1C(CN)(CC(C)C)CC(C)C. The van der Waals surface area contributed by atoms with E-state index in [4.69, 9.17) is 5.73 Å². The molecule has 1 unspecified atom stereocenters. The lowest BCUT2D eigenvalue weighted by atomic mass is 9.77. The molecule has 0 aromatic heterocycles. The molecule has 1 rings (SSSR count). The van der Waals surface area contributed by atoms with Gasteiger partial charge >= 0.3 is 0 Å². The van der Waals surface area contributed by atoms with Crippen molar-refractivity contribution in [3.63, 3.8) is 0 Å². The molecule has 0 radical (unpaired) electrons. The van der Waals surface area contributed by atoms with E-state index in [0.717, 1.165) is 24.4 Å². The Morgan fingerprint density at radius 1 is 1.10 bits per heavy atom. The van der Waals surface area contributed by atoms with Gasteiger partial charge in [0, 0.05) is 18.1 Å². The van der Waals surface area contributed by atoms with Crippen molar-refractivity contribution in [2.45, 2.75) is 91.1 Å². The van der Waals surface area contributed by atoms with Crippen molar-refractivity contribution < 1.29 is 0 Å². The van der Waals surface area contributed by atoms with Crippen molar-refractivity contribution >= 4 is 0 Å². The van der Waals surface area contributed by atoms with E-state index in [1.165, 1.54) is 51.5 Å². The molecule has 0 aliphatic carbocycles. The third-order valence-electron chi connectivity index (χ3n) is 4.81. The number of hydrogen-bond acceptors (Lipinski definition) is 2. The topological polar surface area (TPSA) is 29.3 Å². The van der Waals surface area contributed by atoms with Crippen LogP contribution < -0.4 is 5.73 Å². The highest BCUT2D eigenvalue weighted by atomic mass is 15.2. The number of nitrogens with zero attached hydrogens (tertiary/aromatic N) is 1. The van der Waals surface area contributed by atoms with Gasteiger partial charge in [0.2, 0.25) is 0 Å². The van der Waals surface area contributed by atoms with Gasteiger partial charge in [0.15, 0.2) is 0 Å². The number of nitrogens with two attached hydrogens (primary N) is 1. The first-order valence-electron chi connectivity index (χ1n) is 8.92. The number of rotatable bonds is 8. The van der Waals surface area contributed by atoms with Crippen LogP contribution in [0, 0.1) is 11.8 Å². The van der Waals surface area contributed by atoms with Gasteiger partial charge in [0.05, 0.1) is 0 Å². The van der Waals surface area contributed by atoms with Crippen LogP contribution in [0.2, 0.25) is 0 Å². The summed E-state index contributed by atoms with van der Waals surface area (Å²) in [5, 5.41) is 0. The molecule has 1 fully saturated rings. The van der Waals surface area contributed by atoms with E-state index in [1.807, 2.05) is 0 Å². The smallest absolute Gasteiger partial charge is 0.0339 e. The van der Waals surface area contributed by atoms with Gasteiger partial charge in [-0.05, 0) is 50.5 Å². The zero-order chi connectivity index (χ0) is 15.2. The van der Waals surface area contributed by atoms with E-state index < -0.39 is 0 Å². The monoisotopic (exact) mass is 282 g/mol. The maximum Gasteiger partial charge on any atom is 0.0339 e. The van der Waals surface area contributed by atoms with Crippen molar-refractivity contribution in [2.75, 3.05) is 13.1 Å². The minimum absolute atomic E-state index is 0.239. The Bertz CT molecular complexity index is 248. The summed E-state index contributed by atoms with van der Waals surface area (Å²) >= 11 is 0. The van der Waals surface area contributed by atoms with Gasteiger partial charge < -0.3 is 5.73 Å². The van der Waals surface area contributed by atoms with Gasteiger partial charge in [-0.1, -0.05) is 47.5 Å². The summed E-state index contributed by atoms with van der Waals surface area (Å²) in [7, 11) is 0. The van der Waals surface area contributed by atoms with E-state index >= 15 is 0 Å². The number of hydrogen-bond donors (Lipinski definition) is 1. The van der Waals surface area contributed by atoms with Gasteiger partial charge in [0.1, 0.15) is 0 Å². The fraction of sp³-hybridized carbons (Fsp3) is 1.00. The first kappa shape index (κ1) is 18.0. The molecule has 0 spiro atoms. The molecule has 2 N–H and O–H groups in total. The zero-order valence-corrected chi connectivity index (χ0v) is 14.6. The maximum atomic E-state index is 6.35. The van der Waals surface area contributed by atoms with Crippen LogP contribution in [-0.2, 0) is 0 Å². The first-order chi connectivity index (χ1) is 9.45. The predicted octanol–water partition coefficient (Wildman–Crippen LogP) is 4.43. The summed E-state index contributed by atoms with van der Waals surface area (Å²) in [6, 6.07) is 0.773. The highest BCUT2D eigenvalue weighted by molar-refractivity contribution is 4.97. The standard InChI is InChI=1S/C18H38N2/c1-6-9-17-10-7-8-11-20(17)18(14-19,12-15(2)3)13-16(4)5/h15-17H,6-14,19H2,1-5H3. The third kappa shape index (κ3) is 4.73. The molecule has 20 heavy (non-hydrogen) atoms. The van der Waals surface area contributed by atoms with Crippen LogP contribution in [-0.4, -0.2) is 29.6 Å². The molecule has 2 heteroatoms. The summed E-state index contributed by atoms with van der Waals surface area (Å²) in [6.07, 6.45) is 9.29. The molecule has 2 nitrogen and oxygen atoms in total. The van der Waals surface area contributed by atoms with Crippen molar-refractivity contribution in [3.8, 4) is 0 Å². The molecule has 1 aliphatic heterocycles. The summed E-state index contributed by atoms with van der Waals surface area (Å²) in [5.41, 5.74) is 6.59. The summed E-state index contributed by atoms with van der Waals surface area (Å²) < 4.78 is 0. The van der Waals surface area contributed by atoms with E-state index in [0.29, 0.717) is 0 Å². The summed E-state index contributed by atoms with van der Waals surface area (Å²) in [6.45, 7) is 13.8. The van der Waals surface area contributed by atoms with Crippen LogP contribution in [0.1, 0.15) is 79.6 Å². The largest absolute Gasteiger partial charge is 0.329 e. The lowest BCUT2D eigenvalue weighted by Crippen LogP contribution is -2.60.